The minimum absolute atomic E-state index is 0.720. The lowest BCUT2D eigenvalue weighted by atomic mass is 9.99. The van der Waals surface area contributed by atoms with Gasteiger partial charge in [-0.1, -0.05) is 29.8 Å². The highest BCUT2D eigenvalue weighted by Gasteiger charge is 2.08. The summed E-state index contributed by atoms with van der Waals surface area (Å²) in [5.41, 5.74) is 3.03. The molecule has 4 aromatic rings. The molecular weight excluding hydrogens is 298 g/mol. The molecule has 0 bridgehead atoms. The van der Waals surface area contributed by atoms with Crippen LogP contribution >= 0.6 is 11.6 Å². The van der Waals surface area contributed by atoms with Crippen molar-refractivity contribution in [3.63, 3.8) is 0 Å². The Morgan fingerprint density at radius 2 is 1.95 bits per heavy atom. The van der Waals surface area contributed by atoms with Gasteiger partial charge in [-0.2, -0.15) is 0 Å². The van der Waals surface area contributed by atoms with Crippen LogP contribution in [0.15, 0.2) is 61.2 Å². The van der Waals surface area contributed by atoms with E-state index in [1.807, 2.05) is 48.7 Å². The molecule has 2 aromatic carbocycles. The average molecular weight is 308 g/mol. The number of benzene rings is 2. The third-order valence-corrected chi connectivity index (χ3v) is 3.87. The van der Waals surface area contributed by atoms with Crippen molar-refractivity contribution in [2.75, 3.05) is 0 Å². The van der Waals surface area contributed by atoms with Gasteiger partial charge in [0.1, 0.15) is 6.33 Å². The standard InChI is InChI=1S/C16H10ClN5/c17-16-5-4-13(15-9-18-7-6-14(15)16)11-2-1-3-12(8-11)22-10-19-20-21-22/h1-10H. The fraction of sp³-hybridized carbons (Fsp3) is 0. The lowest BCUT2D eigenvalue weighted by Gasteiger charge is -2.09. The molecular formula is C16H10ClN5. The maximum Gasteiger partial charge on any atom is 0.143 e. The van der Waals surface area contributed by atoms with Crippen LogP contribution in [-0.4, -0.2) is 25.2 Å². The van der Waals surface area contributed by atoms with Crippen molar-refractivity contribution in [3.05, 3.63) is 66.2 Å². The number of hydrogen-bond donors (Lipinski definition) is 0. The van der Waals surface area contributed by atoms with E-state index < -0.39 is 0 Å². The summed E-state index contributed by atoms with van der Waals surface area (Å²) in [4.78, 5) is 4.22. The molecule has 0 unspecified atom stereocenters. The summed E-state index contributed by atoms with van der Waals surface area (Å²) in [7, 11) is 0. The van der Waals surface area contributed by atoms with Gasteiger partial charge in [0.2, 0.25) is 0 Å². The number of pyridine rings is 1. The van der Waals surface area contributed by atoms with Crippen molar-refractivity contribution in [1.82, 2.24) is 25.2 Å². The van der Waals surface area contributed by atoms with E-state index >= 15 is 0 Å². The molecule has 106 valence electrons. The molecule has 2 aromatic heterocycles. The van der Waals surface area contributed by atoms with Crippen LogP contribution in [0.25, 0.3) is 27.6 Å². The Labute approximate surface area is 131 Å². The van der Waals surface area contributed by atoms with Gasteiger partial charge in [-0.25, -0.2) is 4.68 Å². The summed E-state index contributed by atoms with van der Waals surface area (Å²) in [6.07, 6.45) is 5.15. The summed E-state index contributed by atoms with van der Waals surface area (Å²) >= 11 is 6.27. The second-order valence-corrected chi connectivity index (χ2v) is 5.23. The molecule has 0 atom stereocenters. The molecule has 0 saturated heterocycles. The van der Waals surface area contributed by atoms with E-state index in [1.54, 1.807) is 17.2 Å². The Kier molecular flexibility index (Phi) is 3.05. The first-order chi connectivity index (χ1) is 10.8. The Morgan fingerprint density at radius 1 is 1.00 bits per heavy atom. The molecule has 0 aliphatic rings. The molecule has 0 spiro atoms. The molecule has 2 heterocycles. The van der Waals surface area contributed by atoms with E-state index in [9.17, 15) is 0 Å². The highest BCUT2D eigenvalue weighted by atomic mass is 35.5. The average Bonchev–Trinajstić information content (AvgIpc) is 3.10. The van der Waals surface area contributed by atoms with E-state index in [2.05, 4.69) is 20.5 Å². The van der Waals surface area contributed by atoms with Crippen molar-refractivity contribution in [2.24, 2.45) is 0 Å². The van der Waals surface area contributed by atoms with Crippen LogP contribution in [0, 0.1) is 0 Å². The number of nitrogens with zero attached hydrogens (tertiary/aromatic N) is 5. The van der Waals surface area contributed by atoms with Gasteiger partial charge < -0.3 is 0 Å². The first-order valence-corrected chi connectivity index (χ1v) is 7.07. The number of halogens is 1. The van der Waals surface area contributed by atoms with E-state index in [0.717, 1.165) is 32.6 Å². The fourth-order valence-corrected chi connectivity index (χ4v) is 2.73. The predicted molar refractivity (Wildman–Crippen MR) is 84.9 cm³/mol. The minimum atomic E-state index is 0.720. The van der Waals surface area contributed by atoms with Crippen LogP contribution in [0.3, 0.4) is 0 Å². The van der Waals surface area contributed by atoms with Crippen LogP contribution in [0.2, 0.25) is 5.02 Å². The smallest absolute Gasteiger partial charge is 0.143 e. The van der Waals surface area contributed by atoms with Gasteiger partial charge in [0.05, 0.1) is 5.69 Å². The summed E-state index contributed by atoms with van der Waals surface area (Å²) in [5, 5.41) is 14.0. The second-order valence-electron chi connectivity index (χ2n) is 4.82. The summed E-state index contributed by atoms with van der Waals surface area (Å²) in [5.74, 6) is 0. The number of rotatable bonds is 2. The highest BCUT2D eigenvalue weighted by Crippen LogP contribution is 2.33. The first-order valence-electron chi connectivity index (χ1n) is 6.69. The van der Waals surface area contributed by atoms with Crippen molar-refractivity contribution in [1.29, 1.82) is 0 Å². The van der Waals surface area contributed by atoms with Crippen LogP contribution in [-0.2, 0) is 0 Å². The molecule has 0 saturated carbocycles. The third-order valence-electron chi connectivity index (χ3n) is 3.54. The normalized spacial score (nSPS) is 11.0. The van der Waals surface area contributed by atoms with Gasteiger partial charge in [-0.3, -0.25) is 4.98 Å². The van der Waals surface area contributed by atoms with E-state index in [-0.39, 0.29) is 0 Å². The minimum Gasteiger partial charge on any atom is -0.264 e. The zero-order valence-electron chi connectivity index (χ0n) is 11.4. The van der Waals surface area contributed by atoms with E-state index in [1.165, 1.54) is 0 Å². The summed E-state index contributed by atoms with van der Waals surface area (Å²) < 4.78 is 1.62. The number of tetrazole rings is 1. The molecule has 6 heteroatoms. The van der Waals surface area contributed by atoms with Crippen molar-refractivity contribution < 1.29 is 0 Å². The Balaban J connectivity index is 1.93. The van der Waals surface area contributed by atoms with Gasteiger partial charge in [-0.15, -0.1) is 5.10 Å². The van der Waals surface area contributed by atoms with Crippen LogP contribution in [0.5, 0.6) is 0 Å². The Hall–Kier alpha value is -2.79. The predicted octanol–water partition coefficient (Wildman–Crippen LogP) is 3.53. The molecule has 5 nitrogen and oxygen atoms in total. The zero-order valence-corrected chi connectivity index (χ0v) is 12.1. The van der Waals surface area contributed by atoms with Crippen molar-refractivity contribution in [3.8, 4) is 16.8 Å². The molecule has 0 aliphatic carbocycles. The molecule has 0 amide bonds. The van der Waals surface area contributed by atoms with Gasteiger partial charge in [0.15, 0.2) is 0 Å². The van der Waals surface area contributed by atoms with E-state index in [0.29, 0.717) is 0 Å². The number of fused-ring (bicyclic) bond motifs is 1. The Morgan fingerprint density at radius 3 is 2.82 bits per heavy atom. The van der Waals surface area contributed by atoms with E-state index in [4.69, 9.17) is 11.6 Å². The lowest BCUT2D eigenvalue weighted by molar-refractivity contribution is 0.789. The topological polar surface area (TPSA) is 56.5 Å². The molecule has 0 N–H and O–H groups in total. The maximum atomic E-state index is 6.27. The Bertz CT molecular complexity index is 950. The maximum absolute atomic E-state index is 6.27. The van der Waals surface area contributed by atoms with Gasteiger partial charge >= 0.3 is 0 Å². The summed E-state index contributed by atoms with van der Waals surface area (Å²) in [6.45, 7) is 0. The number of hydrogen-bond acceptors (Lipinski definition) is 4. The first kappa shape index (κ1) is 12.9. The van der Waals surface area contributed by atoms with Crippen molar-refractivity contribution in [2.45, 2.75) is 0 Å². The largest absolute Gasteiger partial charge is 0.264 e. The molecule has 0 fully saturated rings. The monoisotopic (exact) mass is 307 g/mol. The zero-order chi connectivity index (χ0) is 14.9. The molecule has 22 heavy (non-hydrogen) atoms. The van der Waals surface area contributed by atoms with Gasteiger partial charge in [0, 0.05) is 28.2 Å². The van der Waals surface area contributed by atoms with Gasteiger partial charge in [0.25, 0.3) is 0 Å². The highest BCUT2D eigenvalue weighted by molar-refractivity contribution is 6.36. The number of aromatic nitrogens is 5. The fourth-order valence-electron chi connectivity index (χ4n) is 2.50. The molecule has 4 rings (SSSR count). The quantitative estimate of drug-likeness (QED) is 0.568. The molecule has 0 aliphatic heterocycles. The van der Waals surface area contributed by atoms with Gasteiger partial charge in [-0.05, 0) is 45.8 Å². The SMILES string of the molecule is Clc1ccc(-c2cccc(-n3cnnn3)c2)c2cnccc12. The molecule has 0 radical (unpaired) electrons. The van der Waals surface area contributed by atoms with Crippen LogP contribution in [0.4, 0.5) is 0 Å². The van der Waals surface area contributed by atoms with Crippen LogP contribution in [0.1, 0.15) is 0 Å². The lowest BCUT2D eigenvalue weighted by Crippen LogP contribution is -1.95. The summed E-state index contributed by atoms with van der Waals surface area (Å²) in [6, 6.07) is 13.8. The third kappa shape index (κ3) is 2.12. The van der Waals surface area contributed by atoms with Crippen molar-refractivity contribution >= 4 is 22.4 Å². The second kappa shape index (κ2) is 5.20. The van der Waals surface area contributed by atoms with Crippen LogP contribution < -0.4 is 0 Å².